The van der Waals surface area contributed by atoms with Crippen LogP contribution in [0.3, 0.4) is 0 Å². The predicted molar refractivity (Wildman–Crippen MR) is 123 cm³/mol. The van der Waals surface area contributed by atoms with Gasteiger partial charge in [-0.15, -0.1) is 0 Å². The number of anilines is 2. The summed E-state index contributed by atoms with van der Waals surface area (Å²) in [6, 6.07) is 12.6. The number of aromatic nitrogens is 5. The first kappa shape index (κ1) is 21.2. The molecule has 0 atom stereocenters. The largest absolute Gasteiger partial charge is 0.321 e. The number of hydrogen-bond donors (Lipinski definition) is 2. The number of carbonyl (C=O) groups excluding carboxylic acids is 2. The molecule has 0 saturated heterocycles. The van der Waals surface area contributed by atoms with E-state index in [1.54, 1.807) is 33.6 Å². The molecule has 4 aromatic rings. The fourth-order valence-electron chi connectivity index (χ4n) is 3.59. The summed E-state index contributed by atoms with van der Waals surface area (Å²) in [6.45, 7) is 8.81. The van der Waals surface area contributed by atoms with Gasteiger partial charge < -0.3 is 10.6 Å². The minimum Gasteiger partial charge on any atom is -0.321 e. The van der Waals surface area contributed by atoms with Crippen LogP contribution in [0.4, 0.5) is 11.5 Å². The first-order chi connectivity index (χ1) is 15.4. The van der Waals surface area contributed by atoms with E-state index in [-0.39, 0.29) is 11.8 Å². The third-order valence-electron chi connectivity index (χ3n) is 5.06. The highest BCUT2D eigenvalue weighted by Crippen LogP contribution is 2.21. The zero-order chi connectivity index (χ0) is 22.8. The van der Waals surface area contributed by atoms with Crippen LogP contribution in [-0.4, -0.2) is 36.4 Å². The minimum atomic E-state index is -0.258. The fourth-order valence-corrected chi connectivity index (χ4v) is 3.59. The van der Waals surface area contributed by atoms with Crippen molar-refractivity contribution >= 4 is 34.2 Å². The number of nitrogens with one attached hydrogen (secondary N) is 2. The van der Waals surface area contributed by atoms with Crippen LogP contribution in [0.2, 0.25) is 0 Å². The molecule has 1 aromatic carbocycles. The van der Waals surface area contributed by atoms with Gasteiger partial charge in [0, 0.05) is 24.2 Å². The second-order valence-electron chi connectivity index (χ2n) is 7.49. The summed E-state index contributed by atoms with van der Waals surface area (Å²) in [5.74, 6) is -0.0272. The van der Waals surface area contributed by atoms with Gasteiger partial charge in [0.05, 0.1) is 16.9 Å². The maximum absolute atomic E-state index is 12.7. The maximum Gasteiger partial charge on any atom is 0.275 e. The summed E-state index contributed by atoms with van der Waals surface area (Å²) < 4.78 is 3.33. The summed E-state index contributed by atoms with van der Waals surface area (Å²) in [5.41, 5.74) is 3.95. The minimum absolute atomic E-state index is 0.216. The van der Waals surface area contributed by atoms with Gasteiger partial charge in [0.25, 0.3) is 11.8 Å². The van der Waals surface area contributed by atoms with E-state index in [4.69, 9.17) is 0 Å². The van der Waals surface area contributed by atoms with Crippen molar-refractivity contribution in [2.45, 2.75) is 40.8 Å². The van der Waals surface area contributed by atoms with Crippen molar-refractivity contribution in [2.24, 2.45) is 0 Å². The maximum atomic E-state index is 12.7. The second-order valence-corrected chi connectivity index (χ2v) is 7.49. The van der Waals surface area contributed by atoms with Gasteiger partial charge in [0.1, 0.15) is 17.2 Å². The van der Waals surface area contributed by atoms with Gasteiger partial charge in [-0.3, -0.25) is 19.0 Å². The number of pyridine rings is 1. The molecule has 4 rings (SSSR count). The second kappa shape index (κ2) is 8.62. The molecule has 2 amide bonds. The molecule has 2 N–H and O–H groups in total. The summed E-state index contributed by atoms with van der Waals surface area (Å²) >= 11 is 0. The standard InChI is InChI=1S/C23H25N7O2/c1-5-29-19(11-14(3)27-29)22(31)24-17-8-9-18-16(13-17)7-10-21(25-18)26-23(32)20-12-15(4)28-30(20)6-2/h7-13H,5-6H2,1-4H3,(H,24,31)(H,25,26,32). The van der Waals surface area contributed by atoms with Gasteiger partial charge in [-0.05, 0) is 70.2 Å². The van der Waals surface area contributed by atoms with Crippen LogP contribution in [-0.2, 0) is 13.1 Å². The normalized spacial score (nSPS) is 11.0. The van der Waals surface area contributed by atoms with Crippen molar-refractivity contribution in [3.63, 3.8) is 0 Å². The van der Waals surface area contributed by atoms with Crippen LogP contribution in [0.15, 0.2) is 42.5 Å². The number of nitrogens with zero attached hydrogens (tertiary/aromatic N) is 5. The molecule has 0 unspecified atom stereocenters. The number of hydrogen-bond acceptors (Lipinski definition) is 5. The Labute approximate surface area is 185 Å². The Kier molecular flexibility index (Phi) is 5.72. The van der Waals surface area contributed by atoms with E-state index in [1.165, 1.54) is 0 Å². The molecule has 164 valence electrons. The number of rotatable bonds is 6. The molecule has 0 aliphatic rings. The van der Waals surface area contributed by atoms with E-state index < -0.39 is 0 Å². The molecular weight excluding hydrogens is 406 g/mol. The summed E-state index contributed by atoms with van der Waals surface area (Å²) in [4.78, 5) is 29.8. The Morgan fingerprint density at radius 1 is 0.812 bits per heavy atom. The molecule has 0 spiro atoms. The van der Waals surface area contributed by atoms with E-state index >= 15 is 0 Å². The zero-order valence-electron chi connectivity index (χ0n) is 18.5. The van der Waals surface area contributed by atoms with Gasteiger partial charge in [-0.1, -0.05) is 0 Å². The third-order valence-corrected chi connectivity index (χ3v) is 5.06. The SMILES string of the molecule is CCn1nc(C)cc1C(=O)Nc1ccc2nc(NC(=O)c3cc(C)nn3CC)ccc2c1. The zero-order valence-corrected chi connectivity index (χ0v) is 18.5. The molecule has 3 aromatic heterocycles. The molecule has 0 aliphatic carbocycles. The summed E-state index contributed by atoms with van der Waals surface area (Å²) in [6.07, 6.45) is 0. The molecule has 0 aliphatic heterocycles. The monoisotopic (exact) mass is 431 g/mol. The molecule has 0 radical (unpaired) electrons. The number of fused-ring (bicyclic) bond motifs is 1. The Bertz CT molecular complexity index is 1220. The van der Waals surface area contributed by atoms with Gasteiger partial charge in [0.2, 0.25) is 0 Å². The lowest BCUT2D eigenvalue weighted by Crippen LogP contribution is -2.18. The van der Waals surface area contributed by atoms with Crippen molar-refractivity contribution in [3.05, 3.63) is 65.2 Å². The average molecular weight is 432 g/mol. The van der Waals surface area contributed by atoms with Crippen LogP contribution in [0.5, 0.6) is 0 Å². The fraction of sp³-hybridized carbons (Fsp3) is 0.261. The van der Waals surface area contributed by atoms with E-state index in [0.717, 1.165) is 16.8 Å². The number of carbonyl (C=O) groups is 2. The smallest absolute Gasteiger partial charge is 0.275 e. The number of aryl methyl sites for hydroxylation is 4. The Hall–Kier alpha value is -4.01. The van der Waals surface area contributed by atoms with Gasteiger partial charge in [0.15, 0.2) is 0 Å². The van der Waals surface area contributed by atoms with Crippen molar-refractivity contribution in [1.29, 1.82) is 0 Å². The van der Waals surface area contributed by atoms with Crippen molar-refractivity contribution in [3.8, 4) is 0 Å². The lowest BCUT2D eigenvalue weighted by Gasteiger charge is -2.09. The van der Waals surface area contributed by atoms with Crippen molar-refractivity contribution < 1.29 is 9.59 Å². The molecular formula is C23H25N7O2. The van der Waals surface area contributed by atoms with E-state index in [1.807, 2.05) is 45.9 Å². The Morgan fingerprint density at radius 3 is 2.00 bits per heavy atom. The van der Waals surface area contributed by atoms with Gasteiger partial charge in [-0.2, -0.15) is 10.2 Å². The molecule has 9 heteroatoms. The third kappa shape index (κ3) is 4.22. The van der Waals surface area contributed by atoms with Crippen LogP contribution in [0, 0.1) is 13.8 Å². The average Bonchev–Trinajstić information content (AvgIpc) is 3.35. The Morgan fingerprint density at radius 2 is 1.41 bits per heavy atom. The molecule has 0 bridgehead atoms. The van der Waals surface area contributed by atoms with E-state index in [2.05, 4.69) is 25.8 Å². The molecule has 3 heterocycles. The van der Waals surface area contributed by atoms with Crippen LogP contribution < -0.4 is 10.6 Å². The predicted octanol–water partition coefficient (Wildman–Crippen LogP) is 3.79. The first-order valence-corrected chi connectivity index (χ1v) is 10.5. The van der Waals surface area contributed by atoms with E-state index in [9.17, 15) is 9.59 Å². The molecule has 32 heavy (non-hydrogen) atoms. The topological polar surface area (TPSA) is 107 Å². The van der Waals surface area contributed by atoms with Crippen LogP contribution in [0.1, 0.15) is 46.2 Å². The van der Waals surface area contributed by atoms with Gasteiger partial charge >= 0.3 is 0 Å². The lowest BCUT2D eigenvalue weighted by molar-refractivity contribution is 0.100. The van der Waals surface area contributed by atoms with Gasteiger partial charge in [-0.25, -0.2) is 4.98 Å². The highest BCUT2D eigenvalue weighted by Gasteiger charge is 2.15. The quantitative estimate of drug-likeness (QED) is 0.483. The first-order valence-electron chi connectivity index (χ1n) is 10.5. The van der Waals surface area contributed by atoms with Crippen molar-refractivity contribution in [2.75, 3.05) is 10.6 Å². The lowest BCUT2D eigenvalue weighted by atomic mass is 10.2. The Balaban J connectivity index is 1.52. The number of benzene rings is 1. The molecule has 9 nitrogen and oxygen atoms in total. The summed E-state index contributed by atoms with van der Waals surface area (Å²) in [7, 11) is 0. The number of amides is 2. The molecule has 0 fully saturated rings. The van der Waals surface area contributed by atoms with Crippen molar-refractivity contribution in [1.82, 2.24) is 24.5 Å². The highest BCUT2D eigenvalue weighted by atomic mass is 16.2. The summed E-state index contributed by atoms with van der Waals surface area (Å²) in [5, 5.41) is 15.2. The van der Waals surface area contributed by atoms with E-state index in [0.29, 0.717) is 41.5 Å². The van der Waals surface area contributed by atoms with Crippen LogP contribution >= 0.6 is 0 Å². The molecule has 0 saturated carbocycles. The van der Waals surface area contributed by atoms with Crippen LogP contribution in [0.25, 0.3) is 10.9 Å². The highest BCUT2D eigenvalue weighted by molar-refractivity contribution is 6.05.